The number of rotatable bonds is 5. The lowest BCUT2D eigenvalue weighted by molar-refractivity contribution is 0.1000. The fourth-order valence-electron chi connectivity index (χ4n) is 1.87. The third-order valence-corrected chi connectivity index (χ3v) is 3.07. The number of halogens is 1. The number of primary amides is 1. The molecule has 0 bridgehead atoms. The smallest absolute Gasteiger partial charge is 0.248 e. The summed E-state index contributed by atoms with van der Waals surface area (Å²) in [5.41, 5.74) is 6.27. The lowest BCUT2D eigenvalue weighted by atomic mass is 10.1. The number of carbonyl (C=O) groups is 1. The van der Waals surface area contributed by atoms with E-state index in [1.165, 1.54) is 19.2 Å². The van der Waals surface area contributed by atoms with Gasteiger partial charge in [0.05, 0.1) is 7.11 Å². The minimum absolute atomic E-state index is 0.00236. The Hall–Kier alpha value is -2.56. The Morgan fingerprint density at radius 1 is 1.14 bits per heavy atom. The highest BCUT2D eigenvalue weighted by Gasteiger charge is 2.12. The summed E-state index contributed by atoms with van der Waals surface area (Å²) >= 11 is 0. The number of aryl methyl sites for hydroxylation is 1. The van der Waals surface area contributed by atoms with Gasteiger partial charge < -0.3 is 15.2 Å². The topological polar surface area (TPSA) is 61.5 Å². The van der Waals surface area contributed by atoms with E-state index in [0.29, 0.717) is 11.5 Å². The second-order valence-electron chi connectivity index (χ2n) is 4.45. The number of methoxy groups -OCH3 is 1. The van der Waals surface area contributed by atoms with Gasteiger partial charge in [0, 0.05) is 5.56 Å². The van der Waals surface area contributed by atoms with Gasteiger partial charge >= 0.3 is 0 Å². The quantitative estimate of drug-likeness (QED) is 0.918. The molecule has 0 aromatic heterocycles. The van der Waals surface area contributed by atoms with Crippen LogP contribution in [0.3, 0.4) is 0 Å². The summed E-state index contributed by atoms with van der Waals surface area (Å²) in [5, 5.41) is 0. The van der Waals surface area contributed by atoms with Crippen molar-refractivity contribution < 1.29 is 18.7 Å². The van der Waals surface area contributed by atoms with Crippen LogP contribution < -0.4 is 15.2 Å². The molecule has 2 N–H and O–H groups in total. The molecule has 0 radical (unpaired) electrons. The Bertz CT molecular complexity index is 671. The van der Waals surface area contributed by atoms with Crippen molar-refractivity contribution in [3.63, 3.8) is 0 Å². The van der Waals surface area contributed by atoms with Gasteiger partial charge in [0.2, 0.25) is 5.91 Å². The molecular formula is C16H16FNO3. The van der Waals surface area contributed by atoms with E-state index < -0.39 is 11.7 Å². The average Bonchev–Trinajstić information content (AvgIpc) is 2.49. The van der Waals surface area contributed by atoms with E-state index in [2.05, 4.69) is 0 Å². The van der Waals surface area contributed by atoms with Crippen molar-refractivity contribution >= 4 is 5.91 Å². The van der Waals surface area contributed by atoms with Gasteiger partial charge in [0.15, 0.2) is 23.1 Å². The fraction of sp³-hybridized carbons (Fsp3) is 0.188. The van der Waals surface area contributed by atoms with Crippen LogP contribution in [0.2, 0.25) is 0 Å². The average molecular weight is 289 g/mol. The molecule has 0 unspecified atom stereocenters. The van der Waals surface area contributed by atoms with Crippen LogP contribution in [0.4, 0.5) is 4.39 Å². The maximum Gasteiger partial charge on any atom is 0.248 e. The Labute approximate surface area is 122 Å². The largest absolute Gasteiger partial charge is 0.493 e. The highest BCUT2D eigenvalue weighted by molar-refractivity contribution is 5.92. The Morgan fingerprint density at radius 3 is 2.43 bits per heavy atom. The molecule has 2 aromatic rings. The number of benzene rings is 2. The number of amides is 1. The minimum atomic E-state index is -0.690. The zero-order chi connectivity index (χ0) is 15.4. The summed E-state index contributed by atoms with van der Waals surface area (Å²) in [5.74, 6) is -0.422. The highest BCUT2D eigenvalue weighted by atomic mass is 19.1. The molecule has 0 saturated heterocycles. The lowest BCUT2D eigenvalue weighted by Gasteiger charge is -2.12. The van der Waals surface area contributed by atoms with Crippen molar-refractivity contribution in [1.82, 2.24) is 0 Å². The second-order valence-corrected chi connectivity index (χ2v) is 4.45. The number of nitrogens with two attached hydrogens (primary N) is 1. The molecule has 4 nitrogen and oxygen atoms in total. The zero-order valence-electron chi connectivity index (χ0n) is 11.9. The Balaban J connectivity index is 2.32. The van der Waals surface area contributed by atoms with E-state index in [0.717, 1.165) is 18.1 Å². The van der Waals surface area contributed by atoms with Crippen LogP contribution in [0.15, 0.2) is 36.4 Å². The van der Waals surface area contributed by atoms with Crippen LogP contribution >= 0.6 is 0 Å². The molecule has 0 aliphatic rings. The third kappa shape index (κ3) is 3.31. The van der Waals surface area contributed by atoms with Crippen LogP contribution in [0.25, 0.3) is 0 Å². The molecule has 0 spiro atoms. The number of carbonyl (C=O) groups excluding carboxylic acids is 1. The van der Waals surface area contributed by atoms with E-state index >= 15 is 0 Å². The van der Waals surface area contributed by atoms with Gasteiger partial charge in [-0.05, 0) is 42.3 Å². The molecule has 0 saturated carbocycles. The van der Waals surface area contributed by atoms with Crippen LogP contribution in [-0.4, -0.2) is 13.0 Å². The van der Waals surface area contributed by atoms with E-state index in [1.807, 2.05) is 19.1 Å². The van der Waals surface area contributed by atoms with E-state index in [-0.39, 0.29) is 11.3 Å². The third-order valence-electron chi connectivity index (χ3n) is 3.07. The molecule has 21 heavy (non-hydrogen) atoms. The second kappa shape index (κ2) is 6.26. The van der Waals surface area contributed by atoms with Crippen molar-refractivity contribution in [3.05, 3.63) is 53.3 Å². The maximum absolute atomic E-state index is 13.9. The monoisotopic (exact) mass is 289 g/mol. The molecule has 0 atom stereocenters. The van der Waals surface area contributed by atoms with Crippen LogP contribution in [0.5, 0.6) is 17.2 Å². The van der Waals surface area contributed by atoms with Crippen molar-refractivity contribution in [2.45, 2.75) is 13.3 Å². The van der Waals surface area contributed by atoms with Gasteiger partial charge in [0.1, 0.15) is 0 Å². The van der Waals surface area contributed by atoms with Crippen LogP contribution in [0.1, 0.15) is 22.8 Å². The molecule has 2 aromatic carbocycles. The number of ether oxygens (including phenoxy) is 2. The molecule has 2 rings (SSSR count). The van der Waals surface area contributed by atoms with Crippen molar-refractivity contribution in [3.8, 4) is 17.2 Å². The van der Waals surface area contributed by atoms with Gasteiger partial charge in [0.25, 0.3) is 0 Å². The van der Waals surface area contributed by atoms with E-state index in [1.54, 1.807) is 6.07 Å². The maximum atomic E-state index is 13.9. The first kappa shape index (κ1) is 14.8. The predicted octanol–water partition coefficient (Wildman–Crippen LogP) is 3.29. The van der Waals surface area contributed by atoms with E-state index in [4.69, 9.17) is 15.2 Å². The minimum Gasteiger partial charge on any atom is -0.493 e. The summed E-state index contributed by atoms with van der Waals surface area (Å²) in [6.45, 7) is 2.03. The Morgan fingerprint density at radius 2 is 1.86 bits per heavy atom. The molecule has 0 aliphatic heterocycles. The highest BCUT2D eigenvalue weighted by Crippen LogP contribution is 2.33. The normalized spacial score (nSPS) is 10.2. The predicted molar refractivity (Wildman–Crippen MR) is 77.4 cm³/mol. The summed E-state index contributed by atoms with van der Waals surface area (Å²) in [7, 11) is 1.52. The fourth-order valence-corrected chi connectivity index (χ4v) is 1.87. The lowest BCUT2D eigenvalue weighted by Crippen LogP contribution is -2.11. The van der Waals surface area contributed by atoms with Crippen molar-refractivity contribution in [2.75, 3.05) is 7.11 Å². The first-order valence-electron chi connectivity index (χ1n) is 6.49. The molecule has 0 aliphatic carbocycles. The molecule has 5 heteroatoms. The number of hydrogen-bond donors (Lipinski definition) is 1. The van der Waals surface area contributed by atoms with Crippen molar-refractivity contribution in [1.29, 1.82) is 0 Å². The van der Waals surface area contributed by atoms with Crippen molar-refractivity contribution in [2.24, 2.45) is 5.73 Å². The molecule has 1 amide bonds. The number of hydrogen-bond acceptors (Lipinski definition) is 3. The SMILES string of the molecule is CCc1ccc(Oc2ccc(C(N)=O)cc2F)c(OC)c1. The zero-order valence-corrected chi connectivity index (χ0v) is 11.9. The summed E-state index contributed by atoms with van der Waals surface area (Å²) in [6, 6.07) is 9.26. The van der Waals surface area contributed by atoms with Gasteiger partial charge in [-0.3, -0.25) is 4.79 Å². The van der Waals surface area contributed by atoms with Gasteiger partial charge in [-0.15, -0.1) is 0 Å². The molecule has 110 valence electrons. The van der Waals surface area contributed by atoms with E-state index in [9.17, 15) is 9.18 Å². The van der Waals surface area contributed by atoms with Gasteiger partial charge in [-0.2, -0.15) is 0 Å². The standard InChI is InChI=1S/C16H16FNO3/c1-3-10-4-6-14(15(8-10)20-2)21-13-7-5-11(16(18)19)9-12(13)17/h4-9H,3H2,1-2H3,(H2,18,19). The van der Waals surface area contributed by atoms with Crippen LogP contribution in [-0.2, 0) is 6.42 Å². The first-order chi connectivity index (χ1) is 10.0. The van der Waals surface area contributed by atoms with Gasteiger partial charge in [-0.25, -0.2) is 4.39 Å². The molecular weight excluding hydrogens is 273 g/mol. The van der Waals surface area contributed by atoms with Gasteiger partial charge in [-0.1, -0.05) is 13.0 Å². The molecule has 0 heterocycles. The Kier molecular flexibility index (Phi) is 4.42. The summed E-state index contributed by atoms with van der Waals surface area (Å²) in [4.78, 5) is 11.0. The first-order valence-corrected chi connectivity index (χ1v) is 6.49. The van der Waals surface area contributed by atoms with Crippen LogP contribution in [0, 0.1) is 5.82 Å². The summed E-state index contributed by atoms with van der Waals surface area (Å²) < 4.78 is 24.7. The summed E-state index contributed by atoms with van der Waals surface area (Å²) in [6.07, 6.45) is 0.859. The molecule has 0 fully saturated rings.